The van der Waals surface area contributed by atoms with E-state index in [-0.39, 0.29) is 51.2 Å². The van der Waals surface area contributed by atoms with Crippen LogP contribution in [0.2, 0.25) is 0 Å². The number of aryl methyl sites for hydroxylation is 2. The molecule has 94 heavy (non-hydrogen) atoms. The number of nitrogens with one attached hydrogen (secondary N) is 4. The number of amides is 2. The number of hydrogen-bond acceptors (Lipinski definition) is 19. The van der Waals surface area contributed by atoms with Crippen molar-refractivity contribution < 1.29 is 38.7 Å². The first-order valence-corrected chi connectivity index (χ1v) is 32.5. The number of nitrogens with zero attached hydrogens (tertiary/aromatic N) is 10. The van der Waals surface area contributed by atoms with Crippen LogP contribution >= 0.6 is 0 Å². The van der Waals surface area contributed by atoms with Crippen LogP contribution in [-0.4, -0.2) is 147 Å². The first-order chi connectivity index (χ1) is 43.9. The summed E-state index contributed by atoms with van der Waals surface area (Å²) >= 11 is 0. The van der Waals surface area contributed by atoms with Gasteiger partial charge in [0.2, 0.25) is 0 Å². The number of nitrogens with two attached hydrogens (primary N) is 1. The van der Waals surface area contributed by atoms with Gasteiger partial charge in [0, 0.05) is 62.8 Å². The number of carbonyl (C=O) groups is 2. The quantitative estimate of drug-likeness (QED) is 0.0239. The number of ether oxygens (including phenoxy) is 4. The number of aliphatic hydroxyl groups is 2. The van der Waals surface area contributed by atoms with E-state index in [2.05, 4.69) is 108 Å². The maximum absolute atomic E-state index is 12.6. The Kier molecular flexibility index (Phi) is 22.1. The highest BCUT2D eigenvalue weighted by Crippen LogP contribution is 2.49. The number of anilines is 3. The summed E-state index contributed by atoms with van der Waals surface area (Å²) in [4.78, 5) is 52.6. The molecule has 2 aromatic carbocycles. The van der Waals surface area contributed by atoms with Crippen LogP contribution < -0.4 is 27.3 Å². The fourth-order valence-electron chi connectivity index (χ4n) is 12.8. The van der Waals surface area contributed by atoms with Crippen LogP contribution in [0.3, 0.4) is 0 Å². The molecule has 5 aliphatic rings. The molecular formula is C71H101N15O8. The number of hydrogen-bond donors (Lipinski definition) is 7. The molecule has 0 bridgehead atoms. The van der Waals surface area contributed by atoms with E-state index in [4.69, 9.17) is 39.7 Å². The molecule has 508 valence electrons. The number of pyridine rings is 2. The predicted octanol–water partition coefficient (Wildman–Crippen LogP) is 12.1. The third kappa shape index (κ3) is 17.4. The van der Waals surface area contributed by atoms with Gasteiger partial charge in [-0.25, -0.2) is 55.8 Å². The molecule has 8 atom stereocenters. The van der Waals surface area contributed by atoms with Crippen LogP contribution in [0.4, 0.5) is 27.0 Å². The van der Waals surface area contributed by atoms with E-state index in [9.17, 15) is 19.8 Å². The molecule has 5 fully saturated rings. The van der Waals surface area contributed by atoms with Gasteiger partial charge in [0.05, 0.1) is 52.9 Å². The number of fused-ring (bicyclic) bond motifs is 5. The first-order valence-electron chi connectivity index (χ1n) is 32.5. The molecule has 1 aliphatic heterocycles. The number of aromatic nitrogens is 8. The Morgan fingerprint density at radius 3 is 1.70 bits per heavy atom. The lowest BCUT2D eigenvalue weighted by Gasteiger charge is -2.25. The minimum Gasteiger partial charge on any atom is -0.444 e. The summed E-state index contributed by atoms with van der Waals surface area (Å²) < 4.78 is 27.7. The molecule has 6 aromatic heterocycles. The normalized spacial score (nSPS) is 22.1. The zero-order chi connectivity index (χ0) is 65.2. The summed E-state index contributed by atoms with van der Waals surface area (Å²) in [5.74, 6) is 8.95. The van der Waals surface area contributed by atoms with Crippen molar-refractivity contribution in [3.8, 4) is 0 Å². The molecule has 23 nitrogen and oxygen atoms in total. The lowest BCUT2D eigenvalue weighted by atomic mass is 9.95. The Balaban J connectivity index is 0.000000194. The van der Waals surface area contributed by atoms with Crippen LogP contribution in [-0.2, 0) is 38.3 Å². The Labute approximate surface area is 553 Å². The van der Waals surface area contributed by atoms with Gasteiger partial charge < -0.3 is 59.3 Å². The summed E-state index contributed by atoms with van der Waals surface area (Å²) in [6.45, 7) is 17.3. The van der Waals surface area contributed by atoms with Crippen molar-refractivity contribution >= 4 is 73.5 Å². The molecule has 23 heteroatoms. The molecule has 8 N–H and O–H groups in total. The lowest BCUT2D eigenvalue weighted by Crippen LogP contribution is -2.38. The van der Waals surface area contributed by atoms with Crippen molar-refractivity contribution in [1.29, 1.82) is 0 Å². The molecule has 0 radical (unpaired) electrons. The second-order valence-electron chi connectivity index (χ2n) is 28.1. The molecule has 0 unspecified atom stereocenters. The second kappa shape index (κ2) is 29.5. The van der Waals surface area contributed by atoms with E-state index >= 15 is 0 Å². The number of benzene rings is 2. The second-order valence-corrected chi connectivity index (χ2v) is 28.1. The van der Waals surface area contributed by atoms with Crippen molar-refractivity contribution in [1.82, 2.24) is 54.4 Å². The predicted molar refractivity (Wildman–Crippen MR) is 370 cm³/mol. The van der Waals surface area contributed by atoms with Crippen LogP contribution in [0.15, 0.2) is 97.8 Å². The molecule has 4 aliphatic carbocycles. The van der Waals surface area contributed by atoms with E-state index in [0.717, 1.165) is 123 Å². The molecule has 8 aromatic rings. The van der Waals surface area contributed by atoms with Gasteiger partial charge in [0.15, 0.2) is 11.6 Å². The Morgan fingerprint density at radius 1 is 0.660 bits per heavy atom. The van der Waals surface area contributed by atoms with Crippen molar-refractivity contribution in [2.45, 2.75) is 194 Å². The number of rotatable bonds is 18. The molecule has 1 saturated heterocycles. The van der Waals surface area contributed by atoms with Gasteiger partial charge in [-0.1, -0.05) is 39.1 Å². The average molecular weight is 1290 g/mol. The lowest BCUT2D eigenvalue weighted by molar-refractivity contribution is -0.160. The van der Waals surface area contributed by atoms with Gasteiger partial charge in [0.25, 0.3) is 0 Å². The van der Waals surface area contributed by atoms with Gasteiger partial charge in [-0.3, -0.25) is 0 Å². The monoisotopic (exact) mass is 1290 g/mol. The topological polar surface area (TPSA) is 279 Å². The van der Waals surface area contributed by atoms with E-state index < -0.39 is 35.3 Å². The molecular weight excluding hydrogens is 1190 g/mol. The smallest absolute Gasteiger partial charge is 0.424 e. The standard InChI is InChI=1S/C36H46N6O4.C27H33N7O2.C6H14N2O2.2CH4/c1-35(2,3)46-34(43)41(6)20-28-26-15-16-42(33(26)39-21-38-28)29-18-25(31-32(29)45-36(4,5)44-31)12-10-22-9-11-24-13-14-30(40-27(24)17-22)37-19-23-7-8-23;1-28-33-26-20-10-11-34(27(20)31-15-30-26)22-13-19(24(35)25(22)36)7-5-16-4-6-18-8-9-23(32-21(18)12-16)29-14-17-2-3-17;1-6(2,3)10-5(9)8(4)7;;/h9,11,13-17,21,23,25,29,31-32H,7-8,10,12,18-20H2,1-6H3,(H,37,40);4,6,8-12,15,17,19,22,24-25,28,35-36H,2-3,5,7,13-14H2,1H3,(H,29,32)(H,30,31,33);7H2,1-4H3;2*1H4/t25-,29+,31+,32-;19-,22+,24+,25-;;;/m00.../s1. The van der Waals surface area contributed by atoms with Crippen LogP contribution in [0.5, 0.6) is 0 Å². The van der Waals surface area contributed by atoms with Crippen LogP contribution in [0.25, 0.3) is 43.9 Å². The van der Waals surface area contributed by atoms with Gasteiger partial charge in [-0.2, -0.15) is 0 Å². The van der Waals surface area contributed by atoms with Crippen molar-refractivity contribution in [3.05, 3.63) is 115 Å². The van der Waals surface area contributed by atoms with Gasteiger partial charge in [-0.05, 0) is 203 Å². The number of aliphatic hydroxyl groups excluding tert-OH is 2. The van der Waals surface area contributed by atoms with E-state index in [0.29, 0.717) is 24.7 Å². The van der Waals surface area contributed by atoms with E-state index in [1.165, 1.54) is 50.2 Å². The van der Waals surface area contributed by atoms with Crippen molar-refractivity contribution in [2.75, 3.05) is 50.3 Å². The summed E-state index contributed by atoms with van der Waals surface area (Å²) in [5, 5.41) is 33.8. The van der Waals surface area contributed by atoms with Gasteiger partial charge >= 0.3 is 12.2 Å². The third-order valence-corrected chi connectivity index (χ3v) is 17.8. The highest BCUT2D eigenvalue weighted by molar-refractivity contribution is 5.87. The van der Waals surface area contributed by atoms with Gasteiger partial charge in [0.1, 0.15) is 59.0 Å². The first kappa shape index (κ1) is 70.5. The molecule has 7 heterocycles. The van der Waals surface area contributed by atoms with Crippen LogP contribution in [0.1, 0.15) is 151 Å². The van der Waals surface area contributed by atoms with Crippen LogP contribution in [0, 0.1) is 23.7 Å². The molecule has 0 spiro atoms. The average Bonchev–Trinajstić information content (AvgIpc) is 1.59. The largest absolute Gasteiger partial charge is 0.444 e. The Morgan fingerprint density at radius 2 is 1.16 bits per heavy atom. The molecule has 2 amide bonds. The molecule has 13 rings (SSSR count). The Hall–Kier alpha value is -7.80. The minimum absolute atomic E-state index is 0. The number of hydrazine groups is 2. The van der Waals surface area contributed by atoms with E-state index in [1.807, 2.05) is 57.5 Å². The summed E-state index contributed by atoms with van der Waals surface area (Å²) in [6, 6.07) is 25.3. The summed E-state index contributed by atoms with van der Waals surface area (Å²) in [7, 11) is 4.95. The molecule has 4 saturated carbocycles. The fourth-order valence-corrected chi connectivity index (χ4v) is 12.8. The summed E-state index contributed by atoms with van der Waals surface area (Å²) in [5.41, 5.74) is 11.7. The zero-order valence-electron chi connectivity index (χ0n) is 55.1. The maximum Gasteiger partial charge on any atom is 0.424 e. The highest BCUT2D eigenvalue weighted by Gasteiger charge is 2.54. The highest BCUT2D eigenvalue weighted by atomic mass is 16.8. The van der Waals surface area contributed by atoms with Crippen molar-refractivity contribution in [2.24, 2.45) is 29.5 Å². The SMILES string of the molecule is C.C.CN(Cc1ncnc2c1ccn2[C@@H]1C[C@H](CCc2ccc3ccc(NCC4CC4)nc3c2)[C@H]2OC(C)(C)O[C@H]21)C(=O)OC(C)(C)C.CN(N)C(=O)OC(C)(C)C.CNNc1ncnc2c1ccn2[C@@H]1C[C@H](CCc2ccc3ccc(NCC4CC4)nc3c2)[C@@H](O)[C@H]1O. The fraction of sp³-hybridized carbons (Fsp3) is 0.549. The number of carbonyl (C=O) groups excluding carboxylic acids is 2. The van der Waals surface area contributed by atoms with Gasteiger partial charge in [-0.15, -0.1) is 0 Å². The summed E-state index contributed by atoms with van der Waals surface area (Å²) in [6.07, 6.45) is 14.9. The minimum atomic E-state index is -0.848. The third-order valence-electron chi connectivity index (χ3n) is 17.8. The zero-order valence-corrected chi connectivity index (χ0v) is 55.1. The maximum atomic E-state index is 12.6. The van der Waals surface area contributed by atoms with Crippen molar-refractivity contribution in [3.63, 3.8) is 0 Å². The Bertz CT molecular complexity index is 3870. The van der Waals surface area contributed by atoms with E-state index in [1.54, 1.807) is 46.1 Å².